The Bertz CT molecular complexity index is 1880. The Morgan fingerprint density at radius 2 is 1.02 bits per heavy atom. The maximum Gasteiger partial charge on any atom is 0.326 e. The predicted molar refractivity (Wildman–Crippen MR) is 188 cm³/mol. The second-order valence-corrected chi connectivity index (χ2v) is 11.9. The molecule has 3 atom stereocenters. The number of carbonyl (C=O) groups is 4. The third-order valence-electron chi connectivity index (χ3n) is 8.24. The largest absolute Gasteiger partial charge is 0.497 e. The number of rotatable bonds is 15. The van der Waals surface area contributed by atoms with Crippen LogP contribution in [0.1, 0.15) is 22.3 Å². The van der Waals surface area contributed by atoms with Gasteiger partial charge in [-0.25, -0.2) is 4.79 Å². The summed E-state index contributed by atoms with van der Waals surface area (Å²) in [6.45, 7) is 0. The van der Waals surface area contributed by atoms with E-state index in [1.54, 1.807) is 24.3 Å². The molecule has 5 aromatic carbocycles. The fraction of sp³-hybridized carbons (Fsp3) is 0.200. The molecule has 9 heteroatoms. The van der Waals surface area contributed by atoms with Crippen LogP contribution in [0.4, 0.5) is 0 Å². The number of hydrogen-bond donors (Lipinski definition) is 4. The van der Waals surface area contributed by atoms with Crippen LogP contribution in [0.5, 0.6) is 5.75 Å². The van der Waals surface area contributed by atoms with E-state index in [2.05, 4.69) is 16.0 Å². The molecular weight excluding hydrogens is 618 g/mol. The Balaban J connectivity index is 1.34. The Morgan fingerprint density at radius 3 is 1.59 bits per heavy atom. The molecule has 0 spiro atoms. The molecule has 5 rings (SSSR count). The Hall–Kier alpha value is -5.96. The quantitative estimate of drug-likeness (QED) is 0.130. The van der Waals surface area contributed by atoms with Crippen LogP contribution in [0.15, 0.2) is 127 Å². The summed E-state index contributed by atoms with van der Waals surface area (Å²) in [6.07, 6.45) is 0.378. The number of methoxy groups -OCH3 is 1. The molecule has 9 nitrogen and oxygen atoms in total. The predicted octanol–water partition coefficient (Wildman–Crippen LogP) is 4.66. The topological polar surface area (TPSA) is 134 Å². The molecular formula is C40H39N3O6. The number of carboxylic acids is 1. The molecule has 3 amide bonds. The van der Waals surface area contributed by atoms with Gasteiger partial charge in [0, 0.05) is 19.3 Å². The molecule has 0 radical (unpaired) electrons. The van der Waals surface area contributed by atoms with Crippen LogP contribution in [0.25, 0.3) is 10.8 Å². The molecule has 0 saturated heterocycles. The molecule has 49 heavy (non-hydrogen) atoms. The summed E-state index contributed by atoms with van der Waals surface area (Å²) in [4.78, 5) is 53.3. The van der Waals surface area contributed by atoms with Gasteiger partial charge in [0.15, 0.2) is 0 Å². The van der Waals surface area contributed by atoms with Gasteiger partial charge in [0.2, 0.25) is 17.7 Å². The van der Waals surface area contributed by atoms with Gasteiger partial charge in [-0.1, -0.05) is 115 Å². The van der Waals surface area contributed by atoms with Crippen LogP contribution in [-0.4, -0.2) is 54.0 Å². The molecule has 4 N–H and O–H groups in total. The van der Waals surface area contributed by atoms with E-state index in [1.807, 2.05) is 103 Å². The van der Waals surface area contributed by atoms with E-state index < -0.39 is 35.9 Å². The second kappa shape index (κ2) is 16.7. The number of carbonyl (C=O) groups excluding carboxylic acids is 3. The fourth-order valence-electron chi connectivity index (χ4n) is 5.64. The molecule has 0 heterocycles. The van der Waals surface area contributed by atoms with E-state index in [1.165, 1.54) is 7.11 Å². The summed E-state index contributed by atoms with van der Waals surface area (Å²) >= 11 is 0. The van der Waals surface area contributed by atoms with Gasteiger partial charge < -0.3 is 25.8 Å². The van der Waals surface area contributed by atoms with E-state index in [9.17, 15) is 24.3 Å². The van der Waals surface area contributed by atoms with E-state index >= 15 is 0 Å². The van der Waals surface area contributed by atoms with Crippen molar-refractivity contribution in [3.63, 3.8) is 0 Å². The molecule has 0 aliphatic carbocycles. The SMILES string of the molecule is COc1ccc(CC(NC(=O)C(Cc2ccccc2)NC(=O)C(Cc2ccccc2)NC(=O)Cc2ccc3ccccc3c2)C(=O)O)cc1. The number of carboxylic acid groups (broad SMARTS) is 1. The van der Waals surface area contributed by atoms with Crippen molar-refractivity contribution in [3.05, 3.63) is 150 Å². The first kappa shape index (κ1) is 34.4. The number of ether oxygens (including phenoxy) is 1. The molecule has 0 aliphatic heterocycles. The first-order valence-corrected chi connectivity index (χ1v) is 16.1. The lowest BCUT2D eigenvalue weighted by atomic mass is 10.0. The zero-order valence-electron chi connectivity index (χ0n) is 27.2. The van der Waals surface area contributed by atoms with Crippen LogP contribution < -0.4 is 20.7 Å². The summed E-state index contributed by atoms with van der Waals surface area (Å²) in [5.41, 5.74) is 3.08. The summed E-state index contributed by atoms with van der Waals surface area (Å²) in [5.74, 6) is -2.15. The third-order valence-corrected chi connectivity index (χ3v) is 8.24. The van der Waals surface area contributed by atoms with Crippen molar-refractivity contribution in [2.75, 3.05) is 7.11 Å². The molecule has 5 aromatic rings. The van der Waals surface area contributed by atoms with Gasteiger partial charge >= 0.3 is 5.97 Å². The van der Waals surface area contributed by atoms with E-state index in [4.69, 9.17) is 4.74 Å². The maximum absolute atomic E-state index is 14.0. The van der Waals surface area contributed by atoms with Crippen LogP contribution in [0.2, 0.25) is 0 Å². The minimum absolute atomic E-state index is 0.0263. The van der Waals surface area contributed by atoms with E-state index in [-0.39, 0.29) is 31.6 Å². The Kier molecular flexibility index (Phi) is 11.7. The van der Waals surface area contributed by atoms with Crippen molar-refractivity contribution < 1.29 is 29.0 Å². The maximum atomic E-state index is 14.0. The van der Waals surface area contributed by atoms with E-state index in [0.717, 1.165) is 27.5 Å². The average Bonchev–Trinajstić information content (AvgIpc) is 3.11. The van der Waals surface area contributed by atoms with Crippen molar-refractivity contribution in [2.24, 2.45) is 0 Å². The van der Waals surface area contributed by atoms with Gasteiger partial charge in [0.25, 0.3) is 0 Å². The standard InChI is InChI=1S/C40H39N3O6/c1-49-33-20-17-29(18-21-33)25-36(40(47)48)43-39(46)35(24-28-12-6-3-7-13-28)42-38(45)34(23-27-10-4-2-5-11-27)41-37(44)26-30-16-19-31-14-8-9-15-32(31)22-30/h2-22,34-36H,23-26H2,1H3,(H,41,44)(H,42,45)(H,43,46)(H,47,48). The molecule has 0 aromatic heterocycles. The van der Waals surface area contributed by atoms with Gasteiger partial charge in [0.1, 0.15) is 23.9 Å². The van der Waals surface area contributed by atoms with Crippen LogP contribution >= 0.6 is 0 Å². The number of aliphatic carboxylic acids is 1. The van der Waals surface area contributed by atoms with Crippen molar-refractivity contribution in [1.29, 1.82) is 0 Å². The first-order valence-electron chi connectivity index (χ1n) is 16.1. The number of amides is 3. The van der Waals surface area contributed by atoms with Gasteiger partial charge in [0.05, 0.1) is 13.5 Å². The summed E-state index contributed by atoms with van der Waals surface area (Å²) in [6, 6.07) is 35.6. The number of fused-ring (bicyclic) bond motifs is 1. The Labute approximate surface area is 285 Å². The van der Waals surface area contributed by atoms with Crippen molar-refractivity contribution >= 4 is 34.5 Å². The Morgan fingerprint density at radius 1 is 0.551 bits per heavy atom. The summed E-state index contributed by atoms with van der Waals surface area (Å²) < 4.78 is 5.18. The number of hydrogen-bond acceptors (Lipinski definition) is 5. The molecule has 0 fully saturated rings. The highest BCUT2D eigenvalue weighted by atomic mass is 16.5. The van der Waals surface area contributed by atoms with E-state index in [0.29, 0.717) is 11.3 Å². The van der Waals surface area contributed by atoms with Crippen molar-refractivity contribution in [3.8, 4) is 5.75 Å². The first-order chi connectivity index (χ1) is 23.8. The lowest BCUT2D eigenvalue weighted by Gasteiger charge is -2.25. The van der Waals surface area contributed by atoms with Crippen LogP contribution in [0, 0.1) is 0 Å². The lowest BCUT2D eigenvalue weighted by molar-refractivity contribution is -0.142. The highest BCUT2D eigenvalue weighted by molar-refractivity contribution is 5.94. The zero-order chi connectivity index (χ0) is 34.6. The molecule has 3 unspecified atom stereocenters. The molecule has 0 aliphatic rings. The minimum Gasteiger partial charge on any atom is -0.497 e. The second-order valence-electron chi connectivity index (χ2n) is 11.9. The third kappa shape index (κ3) is 10.0. The normalized spacial score (nSPS) is 12.7. The monoisotopic (exact) mass is 657 g/mol. The average molecular weight is 658 g/mol. The van der Waals surface area contributed by atoms with Gasteiger partial charge in [-0.3, -0.25) is 14.4 Å². The lowest BCUT2D eigenvalue weighted by Crippen LogP contribution is -2.57. The highest BCUT2D eigenvalue weighted by Gasteiger charge is 2.30. The molecule has 250 valence electrons. The van der Waals surface area contributed by atoms with Crippen molar-refractivity contribution in [1.82, 2.24) is 16.0 Å². The van der Waals surface area contributed by atoms with Crippen molar-refractivity contribution in [2.45, 2.75) is 43.8 Å². The van der Waals surface area contributed by atoms with Gasteiger partial charge in [-0.15, -0.1) is 0 Å². The number of nitrogens with one attached hydrogen (secondary N) is 3. The number of benzene rings is 5. The molecule has 0 bridgehead atoms. The smallest absolute Gasteiger partial charge is 0.326 e. The highest BCUT2D eigenvalue weighted by Crippen LogP contribution is 2.17. The minimum atomic E-state index is -1.25. The fourth-order valence-corrected chi connectivity index (χ4v) is 5.64. The summed E-state index contributed by atoms with van der Waals surface area (Å²) in [7, 11) is 1.54. The van der Waals surface area contributed by atoms with Crippen LogP contribution in [0.3, 0.4) is 0 Å². The van der Waals surface area contributed by atoms with Gasteiger partial charge in [-0.05, 0) is 45.2 Å². The van der Waals surface area contributed by atoms with Gasteiger partial charge in [-0.2, -0.15) is 0 Å². The zero-order valence-corrected chi connectivity index (χ0v) is 27.2. The van der Waals surface area contributed by atoms with Crippen LogP contribution in [-0.2, 0) is 44.9 Å². The molecule has 0 saturated carbocycles. The summed E-state index contributed by atoms with van der Waals surface area (Å²) in [5, 5.41) is 20.4.